The Labute approximate surface area is 142 Å². The van der Waals surface area contributed by atoms with E-state index in [0.29, 0.717) is 0 Å². The number of hydrazine groups is 1. The summed E-state index contributed by atoms with van der Waals surface area (Å²) in [5.41, 5.74) is 3.10. The summed E-state index contributed by atoms with van der Waals surface area (Å²) >= 11 is 0. The predicted molar refractivity (Wildman–Crippen MR) is 80.3 cm³/mol. The summed E-state index contributed by atoms with van der Waals surface area (Å²) in [6.07, 6.45) is -9.48. The smallest absolute Gasteiger partial charge is 0.406 e. The standard InChI is InChI=1S/C15H11F6N3O2/c16-14(17,18)11-3-1-2-4-12(11)22-13(25)24-23-9-5-7-10(8-6-9)26-15(19,20)21/h1-8,23H,(H2,22,24,25). The fourth-order valence-electron chi connectivity index (χ4n) is 1.86. The second-order valence-corrected chi connectivity index (χ2v) is 4.82. The van der Waals surface area contributed by atoms with E-state index in [2.05, 4.69) is 15.6 Å². The van der Waals surface area contributed by atoms with Crippen LogP contribution in [0.25, 0.3) is 0 Å². The molecule has 0 heterocycles. The molecule has 26 heavy (non-hydrogen) atoms. The molecule has 0 saturated heterocycles. The third-order valence-corrected chi connectivity index (χ3v) is 2.89. The molecule has 3 N–H and O–H groups in total. The Balaban J connectivity index is 1.94. The number of urea groups is 1. The molecule has 0 fully saturated rings. The van der Waals surface area contributed by atoms with Crippen molar-refractivity contribution in [3.05, 3.63) is 54.1 Å². The number of amides is 2. The van der Waals surface area contributed by atoms with Gasteiger partial charge in [-0.2, -0.15) is 13.2 Å². The predicted octanol–water partition coefficient (Wildman–Crippen LogP) is 4.75. The van der Waals surface area contributed by atoms with Gasteiger partial charge in [-0.05, 0) is 36.4 Å². The molecule has 0 unspecified atom stereocenters. The van der Waals surface area contributed by atoms with Crippen molar-refractivity contribution in [2.45, 2.75) is 12.5 Å². The zero-order valence-electron chi connectivity index (χ0n) is 12.7. The highest BCUT2D eigenvalue weighted by Crippen LogP contribution is 2.34. The normalized spacial score (nSPS) is 11.6. The van der Waals surface area contributed by atoms with Gasteiger partial charge in [0.1, 0.15) is 5.75 Å². The lowest BCUT2D eigenvalue weighted by molar-refractivity contribution is -0.274. The molecule has 0 bridgehead atoms. The van der Waals surface area contributed by atoms with Gasteiger partial charge < -0.3 is 10.1 Å². The molecular weight excluding hydrogens is 368 g/mol. The topological polar surface area (TPSA) is 62.4 Å². The number of ether oxygens (including phenoxy) is 1. The molecule has 0 aliphatic carbocycles. The zero-order chi connectivity index (χ0) is 19.4. The monoisotopic (exact) mass is 379 g/mol. The van der Waals surface area contributed by atoms with Crippen LogP contribution in [0, 0.1) is 0 Å². The summed E-state index contributed by atoms with van der Waals surface area (Å²) in [6.45, 7) is 0. The SMILES string of the molecule is O=C(NNc1ccc(OC(F)(F)F)cc1)Nc1ccccc1C(F)(F)F. The largest absolute Gasteiger partial charge is 0.573 e. The van der Waals surface area contributed by atoms with Gasteiger partial charge in [0.2, 0.25) is 0 Å². The number of alkyl halides is 6. The van der Waals surface area contributed by atoms with Crippen LogP contribution in [0.15, 0.2) is 48.5 Å². The zero-order valence-corrected chi connectivity index (χ0v) is 12.7. The minimum atomic E-state index is -4.83. The molecule has 0 spiro atoms. The highest BCUT2D eigenvalue weighted by molar-refractivity contribution is 5.90. The summed E-state index contributed by atoms with van der Waals surface area (Å²) < 4.78 is 78.3. The van der Waals surface area contributed by atoms with Crippen molar-refractivity contribution < 1.29 is 35.9 Å². The lowest BCUT2D eigenvalue weighted by Gasteiger charge is -2.15. The minimum Gasteiger partial charge on any atom is -0.406 e. The van der Waals surface area contributed by atoms with Crippen LogP contribution in [-0.2, 0) is 6.18 Å². The van der Waals surface area contributed by atoms with Crippen molar-refractivity contribution in [2.24, 2.45) is 0 Å². The van der Waals surface area contributed by atoms with Crippen LogP contribution in [0.3, 0.4) is 0 Å². The van der Waals surface area contributed by atoms with Gasteiger partial charge in [0.25, 0.3) is 0 Å². The van der Waals surface area contributed by atoms with Gasteiger partial charge in [-0.3, -0.25) is 10.9 Å². The van der Waals surface area contributed by atoms with Gasteiger partial charge in [0.05, 0.1) is 16.9 Å². The molecule has 0 saturated carbocycles. The molecule has 2 aromatic rings. The number of hydrogen-bond acceptors (Lipinski definition) is 3. The summed E-state index contributed by atoms with van der Waals surface area (Å²) in [5.74, 6) is -0.466. The van der Waals surface area contributed by atoms with Crippen LogP contribution in [0.5, 0.6) is 5.75 Å². The molecule has 11 heteroatoms. The number of carbonyl (C=O) groups is 1. The minimum absolute atomic E-state index is 0.179. The number of nitrogens with one attached hydrogen (secondary N) is 3. The number of benzene rings is 2. The van der Waals surface area contributed by atoms with Gasteiger partial charge >= 0.3 is 18.6 Å². The Morgan fingerprint density at radius 2 is 1.50 bits per heavy atom. The number of anilines is 2. The van der Waals surface area contributed by atoms with Crippen LogP contribution < -0.4 is 20.9 Å². The molecule has 2 aromatic carbocycles. The average molecular weight is 379 g/mol. The Morgan fingerprint density at radius 1 is 0.885 bits per heavy atom. The first-order valence-corrected chi connectivity index (χ1v) is 6.89. The Morgan fingerprint density at radius 3 is 2.08 bits per heavy atom. The quantitative estimate of drug-likeness (QED) is 0.531. The van der Waals surface area contributed by atoms with E-state index in [0.717, 1.165) is 24.3 Å². The fraction of sp³-hybridized carbons (Fsp3) is 0.133. The second-order valence-electron chi connectivity index (χ2n) is 4.82. The van der Waals surface area contributed by atoms with Crippen molar-refractivity contribution in [3.8, 4) is 5.75 Å². The summed E-state index contributed by atoms with van der Waals surface area (Å²) in [5, 5.41) is 2.02. The van der Waals surface area contributed by atoms with E-state index >= 15 is 0 Å². The molecule has 0 atom stereocenters. The van der Waals surface area contributed by atoms with E-state index in [1.165, 1.54) is 24.3 Å². The third-order valence-electron chi connectivity index (χ3n) is 2.89. The first kappa shape index (κ1) is 19.2. The van der Waals surface area contributed by atoms with Crippen molar-refractivity contribution in [2.75, 3.05) is 10.7 Å². The van der Waals surface area contributed by atoms with Crippen molar-refractivity contribution in [3.63, 3.8) is 0 Å². The van der Waals surface area contributed by atoms with Gasteiger partial charge in [0.15, 0.2) is 0 Å². The molecule has 0 radical (unpaired) electrons. The molecule has 0 aliphatic rings. The molecule has 140 valence electrons. The summed E-state index contributed by atoms with van der Waals surface area (Å²) in [4.78, 5) is 11.7. The van der Waals surface area contributed by atoms with E-state index < -0.39 is 35.6 Å². The van der Waals surface area contributed by atoms with Gasteiger partial charge in [-0.1, -0.05) is 12.1 Å². The first-order chi connectivity index (χ1) is 12.0. The van der Waals surface area contributed by atoms with E-state index in [4.69, 9.17) is 0 Å². The van der Waals surface area contributed by atoms with Gasteiger partial charge in [-0.25, -0.2) is 4.79 Å². The third kappa shape index (κ3) is 5.76. The van der Waals surface area contributed by atoms with Crippen LogP contribution in [0.1, 0.15) is 5.56 Å². The van der Waals surface area contributed by atoms with Crippen molar-refractivity contribution in [1.82, 2.24) is 5.43 Å². The molecule has 0 aromatic heterocycles. The van der Waals surface area contributed by atoms with Crippen LogP contribution in [0.2, 0.25) is 0 Å². The number of para-hydroxylation sites is 1. The molecule has 5 nitrogen and oxygen atoms in total. The second kappa shape index (κ2) is 7.42. The maximum absolute atomic E-state index is 12.8. The van der Waals surface area contributed by atoms with E-state index in [1.807, 2.05) is 5.32 Å². The molecular formula is C15H11F6N3O2. The summed E-state index contributed by atoms with van der Waals surface area (Å²) in [6, 6.07) is 7.71. The Hall–Kier alpha value is -3.11. The van der Waals surface area contributed by atoms with Gasteiger partial charge in [0, 0.05) is 0 Å². The van der Waals surface area contributed by atoms with Crippen LogP contribution >= 0.6 is 0 Å². The lowest BCUT2D eigenvalue weighted by Crippen LogP contribution is -2.34. The van der Waals surface area contributed by atoms with E-state index in [1.54, 1.807) is 0 Å². The van der Waals surface area contributed by atoms with Crippen molar-refractivity contribution >= 4 is 17.4 Å². The number of rotatable bonds is 4. The lowest BCUT2D eigenvalue weighted by atomic mass is 10.1. The summed E-state index contributed by atoms with van der Waals surface area (Å²) in [7, 11) is 0. The molecule has 2 rings (SSSR count). The highest BCUT2D eigenvalue weighted by atomic mass is 19.4. The number of halogens is 6. The molecule has 2 amide bonds. The average Bonchev–Trinajstić information content (AvgIpc) is 2.52. The van der Waals surface area contributed by atoms with E-state index in [9.17, 15) is 31.1 Å². The highest BCUT2D eigenvalue weighted by Gasteiger charge is 2.33. The maximum atomic E-state index is 12.8. The Kier molecular flexibility index (Phi) is 5.48. The number of hydrogen-bond donors (Lipinski definition) is 3. The van der Waals surface area contributed by atoms with Crippen LogP contribution in [0.4, 0.5) is 42.5 Å². The fourth-order valence-corrected chi connectivity index (χ4v) is 1.86. The molecule has 0 aliphatic heterocycles. The van der Waals surface area contributed by atoms with E-state index in [-0.39, 0.29) is 5.69 Å². The van der Waals surface area contributed by atoms with Gasteiger partial charge in [-0.15, -0.1) is 13.2 Å². The first-order valence-electron chi connectivity index (χ1n) is 6.89. The Bertz CT molecular complexity index is 759. The van der Waals surface area contributed by atoms with Crippen molar-refractivity contribution in [1.29, 1.82) is 0 Å². The maximum Gasteiger partial charge on any atom is 0.573 e. The number of carbonyl (C=O) groups excluding carboxylic acids is 1. The van der Waals surface area contributed by atoms with Crippen LogP contribution in [-0.4, -0.2) is 12.4 Å².